The lowest BCUT2D eigenvalue weighted by Gasteiger charge is -2.08. The molecule has 0 atom stereocenters. The Kier molecular flexibility index (Phi) is 3.66. The highest BCUT2D eigenvalue weighted by molar-refractivity contribution is 5.74. The van der Waals surface area contributed by atoms with Crippen molar-refractivity contribution < 1.29 is 13.2 Å². The van der Waals surface area contributed by atoms with Crippen LogP contribution in [0.5, 0.6) is 0 Å². The maximum atomic E-state index is 12.4. The second-order valence-corrected chi connectivity index (χ2v) is 3.02. The zero-order chi connectivity index (χ0) is 12.2. The molecule has 0 bridgehead atoms. The van der Waals surface area contributed by atoms with Gasteiger partial charge in [-0.1, -0.05) is 31.4 Å². The number of pyridine rings is 1. The van der Waals surface area contributed by atoms with Gasteiger partial charge in [-0.3, -0.25) is 4.98 Å². The molecule has 4 heteroatoms. The second-order valence-electron chi connectivity index (χ2n) is 3.02. The highest BCUT2D eigenvalue weighted by Gasteiger charge is 2.31. The van der Waals surface area contributed by atoms with E-state index in [9.17, 15) is 13.2 Å². The van der Waals surface area contributed by atoms with E-state index in [-0.39, 0.29) is 0 Å². The van der Waals surface area contributed by atoms with Gasteiger partial charge in [0.15, 0.2) is 0 Å². The lowest BCUT2D eigenvalue weighted by molar-refractivity contribution is -0.137. The number of halogens is 3. The van der Waals surface area contributed by atoms with Gasteiger partial charge in [0.25, 0.3) is 0 Å². The molecule has 0 fully saturated rings. The zero-order valence-corrected chi connectivity index (χ0v) is 8.46. The molecule has 0 radical (unpaired) electrons. The van der Waals surface area contributed by atoms with Crippen molar-refractivity contribution in [1.29, 1.82) is 0 Å². The SMILES string of the molecule is C=CC=C(C=C)c1cncc(C(F)(F)F)c1. The molecule has 0 saturated carbocycles. The third kappa shape index (κ3) is 2.82. The average Bonchev–Trinajstić information content (AvgIpc) is 2.25. The van der Waals surface area contributed by atoms with Crippen molar-refractivity contribution >= 4 is 5.57 Å². The number of allylic oxidation sites excluding steroid dienone is 4. The molecule has 1 aromatic rings. The Morgan fingerprint density at radius 3 is 2.44 bits per heavy atom. The Labute approximate surface area is 91.6 Å². The van der Waals surface area contributed by atoms with Crippen molar-refractivity contribution in [2.45, 2.75) is 6.18 Å². The molecule has 0 amide bonds. The molecule has 16 heavy (non-hydrogen) atoms. The fourth-order valence-corrected chi connectivity index (χ4v) is 1.16. The summed E-state index contributed by atoms with van der Waals surface area (Å²) in [6.07, 6.45) is 2.27. The zero-order valence-electron chi connectivity index (χ0n) is 8.46. The van der Waals surface area contributed by atoms with Crippen LogP contribution in [0.1, 0.15) is 11.1 Å². The Morgan fingerprint density at radius 2 is 1.94 bits per heavy atom. The van der Waals surface area contributed by atoms with Gasteiger partial charge in [0.2, 0.25) is 0 Å². The van der Waals surface area contributed by atoms with E-state index in [0.29, 0.717) is 11.1 Å². The number of alkyl halides is 3. The van der Waals surface area contributed by atoms with Crippen LogP contribution in [0.15, 0.2) is 49.8 Å². The van der Waals surface area contributed by atoms with Gasteiger partial charge in [-0.2, -0.15) is 13.2 Å². The summed E-state index contributed by atoms with van der Waals surface area (Å²) in [5, 5.41) is 0. The van der Waals surface area contributed by atoms with Gasteiger partial charge in [-0.15, -0.1) is 0 Å². The minimum absolute atomic E-state index is 0.365. The van der Waals surface area contributed by atoms with E-state index in [4.69, 9.17) is 0 Å². The highest BCUT2D eigenvalue weighted by atomic mass is 19.4. The maximum absolute atomic E-state index is 12.4. The predicted molar refractivity (Wildman–Crippen MR) is 57.6 cm³/mol. The topological polar surface area (TPSA) is 12.9 Å². The summed E-state index contributed by atoms with van der Waals surface area (Å²) in [6, 6.07) is 1.03. The minimum atomic E-state index is -4.39. The molecule has 0 aliphatic carbocycles. The van der Waals surface area contributed by atoms with Crippen LogP contribution in [0.2, 0.25) is 0 Å². The molecule has 0 N–H and O–H groups in total. The van der Waals surface area contributed by atoms with Gasteiger partial charge in [-0.25, -0.2) is 0 Å². The van der Waals surface area contributed by atoms with Crippen LogP contribution < -0.4 is 0 Å². The van der Waals surface area contributed by atoms with E-state index in [1.165, 1.54) is 18.3 Å². The summed E-state index contributed by atoms with van der Waals surface area (Å²) in [7, 11) is 0. The van der Waals surface area contributed by atoms with Crippen molar-refractivity contribution in [2.24, 2.45) is 0 Å². The van der Waals surface area contributed by atoms with Crippen molar-refractivity contribution in [1.82, 2.24) is 4.98 Å². The monoisotopic (exact) mass is 225 g/mol. The molecule has 0 aromatic carbocycles. The van der Waals surface area contributed by atoms with Crippen LogP contribution in [0.3, 0.4) is 0 Å². The van der Waals surface area contributed by atoms with Crippen LogP contribution in [-0.4, -0.2) is 4.98 Å². The smallest absolute Gasteiger partial charge is 0.263 e. The minimum Gasteiger partial charge on any atom is -0.263 e. The molecular formula is C12H10F3N. The largest absolute Gasteiger partial charge is 0.417 e. The molecule has 0 aliphatic heterocycles. The van der Waals surface area contributed by atoms with E-state index in [1.54, 1.807) is 6.08 Å². The average molecular weight is 225 g/mol. The third-order valence-corrected chi connectivity index (χ3v) is 1.92. The van der Waals surface area contributed by atoms with Crippen molar-refractivity contribution in [2.75, 3.05) is 0 Å². The number of hydrogen-bond acceptors (Lipinski definition) is 1. The molecule has 84 valence electrons. The Bertz CT molecular complexity index is 430. The van der Waals surface area contributed by atoms with Gasteiger partial charge in [-0.05, 0) is 11.6 Å². The maximum Gasteiger partial charge on any atom is 0.417 e. The first-order chi connectivity index (χ1) is 7.49. The van der Waals surface area contributed by atoms with E-state index >= 15 is 0 Å². The molecule has 1 aromatic heterocycles. The van der Waals surface area contributed by atoms with Crippen LogP contribution in [0, 0.1) is 0 Å². The molecule has 0 aliphatic rings. The first-order valence-corrected chi connectivity index (χ1v) is 4.47. The first-order valence-electron chi connectivity index (χ1n) is 4.47. The van der Waals surface area contributed by atoms with Crippen molar-refractivity contribution in [3.63, 3.8) is 0 Å². The number of hydrogen-bond donors (Lipinski definition) is 0. The molecule has 1 nitrogen and oxygen atoms in total. The number of rotatable bonds is 3. The van der Waals surface area contributed by atoms with E-state index < -0.39 is 11.7 Å². The lowest BCUT2D eigenvalue weighted by atomic mass is 10.1. The van der Waals surface area contributed by atoms with Gasteiger partial charge in [0.05, 0.1) is 5.56 Å². The molecule has 0 spiro atoms. The lowest BCUT2D eigenvalue weighted by Crippen LogP contribution is -2.05. The van der Waals surface area contributed by atoms with Crippen molar-refractivity contribution in [3.8, 4) is 0 Å². The summed E-state index contributed by atoms with van der Waals surface area (Å²) < 4.78 is 37.2. The summed E-state index contributed by atoms with van der Waals surface area (Å²) >= 11 is 0. The quantitative estimate of drug-likeness (QED) is 0.712. The van der Waals surface area contributed by atoms with Crippen molar-refractivity contribution in [3.05, 3.63) is 61.0 Å². The molecule has 0 unspecified atom stereocenters. The molecule has 1 heterocycles. The van der Waals surface area contributed by atoms with E-state index in [0.717, 1.165) is 12.3 Å². The van der Waals surface area contributed by atoms with Gasteiger partial charge in [0.1, 0.15) is 0 Å². The highest BCUT2D eigenvalue weighted by Crippen LogP contribution is 2.30. The molecular weight excluding hydrogens is 215 g/mol. The standard InChI is InChI=1S/C12H10F3N/c1-3-5-9(4-2)10-6-11(8-16-7-10)12(13,14)15/h3-8H,1-2H2. The van der Waals surface area contributed by atoms with Gasteiger partial charge in [0, 0.05) is 18.0 Å². The Morgan fingerprint density at radius 1 is 1.25 bits per heavy atom. The molecule has 0 saturated heterocycles. The summed E-state index contributed by atoms with van der Waals surface area (Å²) in [6.45, 7) is 7.00. The summed E-state index contributed by atoms with van der Waals surface area (Å²) in [5.74, 6) is 0. The van der Waals surface area contributed by atoms with E-state index in [1.807, 2.05) is 0 Å². The predicted octanol–water partition coefficient (Wildman–Crippen LogP) is 3.86. The van der Waals surface area contributed by atoms with Crippen LogP contribution >= 0.6 is 0 Å². The van der Waals surface area contributed by atoms with Gasteiger partial charge >= 0.3 is 6.18 Å². The number of nitrogens with zero attached hydrogens (tertiary/aromatic N) is 1. The summed E-state index contributed by atoms with van der Waals surface area (Å²) in [4.78, 5) is 3.56. The van der Waals surface area contributed by atoms with E-state index in [2.05, 4.69) is 18.1 Å². The van der Waals surface area contributed by atoms with Gasteiger partial charge < -0.3 is 0 Å². The second kappa shape index (κ2) is 4.79. The Balaban J connectivity index is 3.22. The fraction of sp³-hybridized carbons (Fsp3) is 0.0833. The summed E-state index contributed by atoms with van der Waals surface area (Å²) in [5.41, 5.74) is 0.139. The molecule has 1 rings (SSSR count). The third-order valence-electron chi connectivity index (χ3n) is 1.92. The first kappa shape index (κ1) is 12.2. The van der Waals surface area contributed by atoms with Crippen LogP contribution in [0.4, 0.5) is 13.2 Å². The van der Waals surface area contributed by atoms with Crippen LogP contribution in [-0.2, 0) is 6.18 Å². The fourth-order valence-electron chi connectivity index (χ4n) is 1.16. The van der Waals surface area contributed by atoms with Crippen LogP contribution in [0.25, 0.3) is 5.57 Å². The normalized spacial score (nSPS) is 12.3. The Hall–Kier alpha value is -1.84. The number of aromatic nitrogens is 1.